The molecule has 1 saturated heterocycles. The van der Waals surface area contributed by atoms with Gasteiger partial charge in [0.25, 0.3) is 0 Å². The molecule has 126 valence electrons. The predicted molar refractivity (Wildman–Crippen MR) is 87.6 cm³/mol. The minimum atomic E-state index is -0.420. The number of carbonyl (C=O) groups excluding carboxylic acids is 2. The molecular formula is C17H24N2O4. The first-order valence-corrected chi connectivity index (χ1v) is 7.75. The van der Waals surface area contributed by atoms with Gasteiger partial charge in [-0.25, -0.2) is 4.79 Å². The highest BCUT2D eigenvalue weighted by Crippen LogP contribution is 2.18. The Morgan fingerprint density at radius 2 is 1.96 bits per heavy atom. The van der Waals surface area contributed by atoms with E-state index in [1.807, 2.05) is 20.8 Å². The second-order valence-electron chi connectivity index (χ2n) is 6.02. The zero-order chi connectivity index (χ0) is 17.0. The minimum Gasteiger partial charge on any atom is -0.465 e. The molecule has 2 rings (SSSR count). The molecule has 0 aliphatic carbocycles. The van der Waals surface area contributed by atoms with Crippen molar-refractivity contribution in [2.45, 2.75) is 33.0 Å². The Morgan fingerprint density at radius 3 is 2.57 bits per heavy atom. The molecule has 0 spiro atoms. The first-order valence-electron chi connectivity index (χ1n) is 7.75. The van der Waals surface area contributed by atoms with Crippen LogP contribution in [0.3, 0.4) is 0 Å². The van der Waals surface area contributed by atoms with Gasteiger partial charge in [0, 0.05) is 18.8 Å². The summed E-state index contributed by atoms with van der Waals surface area (Å²) in [6, 6.07) is 5.12. The molecule has 0 saturated carbocycles. The van der Waals surface area contributed by atoms with Gasteiger partial charge in [0.1, 0.15) is 0 Å². The fourth-order valence-corrected chi connectivity index (χ4v) is 2.81. The lowest BCUT2D eigenvalue weighted by Crippen LogP contribution is -2.48. The van der Waals surface area contributed by atoms with E-state index in [1.165, 1.54) is 7.11 Å². The number of methoxy groups -OCH3 is 1. The molecule has 1 fully saturated rings. The van der Waals surface area contributed by atoms with Crippen LogP contribution in [0.4, 0.5) is 5.69 Å². The average molecular weight is 320 g/mol. The summed E-state index contributed by atoms with van der Waals surface area (Å²) < 4.78 is 10.4. The van der Waals surface area contributed by atoms with Crippen molar-refractivity contribution in [1.82, 2.24) is 4.90 Å². The largest absolute Gasteiger partial charge is 0.465 e. The number of nitrogens with one attached hydrogen (secondary N) is 1. The summed E-state index contributed by atoms with van der Waals surface area (Å²) in [5, 5.41) is 2.88. The number of esters is 1. The van der Waals surface area contributed by atoms with Crippen LogP contribution < -0.4 is 5.32 Å². The maximum atomic E-state index is 12.3. The Hall–Kier alpha value is -1.92. The summed E-state index contributed by atoms with van der Waals surface area (Å²) >= 11 is 0. The SMILES string of the molecule is COC(=O)c1ccc(C)c(NC(=O)CN2CC(C)OC(C)C2)c1. The number of nitrogens with zero attached hydrogens (tertiary/aromatic N) is 1. The summed E-state index contributed by atoms with van der Waals surface area (Å²) in [5.74, 6) is -0.521. The highest BCUT2D eigenvalue weighted by Gasteiger charge is 2.23. The van der Waals surface area contributed by atoms with E-state index in [9.17, 15) is 9.59 Å². The van der Waals surface area contributed by atoms with Crippen molar-refractivity contribution in [1.29, 1.82) is 0 Å². The molecule has 2 unspecified atom stereocenters. The second-order valence-corrected chi connectivity index (χ2v) is 6.02. The summed E-state index contributed by atoms with van der Waals surface area (Å²) in [4.78, 5) is 26.0. The molecule has 6 nitrogen and oxygen atoms in total. The second kappa shape index (κ2) is 7.57. The van der Waals surface area contributed by atoms with Crippen molar-refractivity contribution in [3.8, 4) is 0 Å². The summed E-state index contributed by atoms with van der Waals surface area (Å²) in [7, 11) is 1.33. The lowest BCUT2D eigenvalue weighted by Gasteiger charge is -2.34. The van der Waals surface area contributed by atoms with Gasteiger partial charge in [0.05, 0.1) is 31.4 Å². The maximum absolute atomic E-state index is 12.3. The van der Waals surface area contributed by atoms with Crippen molar-refractivity contribution in [3.63, 3.8) is 0 Å². The number of hydrogen-bond acceptors (Lipinski definition) is 5. The van der Waals surface area contributed by atoms with E-state index in [-0.39, 0.29) is 18.1 Å². The molecule has 6 heteroatoms. The topological polar surface area (TPSA) is 67.9 Å². The van der Waals surface area contributed by atoms with E-state index < -0.39 is 5.97 Å². The van der Waals surface area contributed by atoms with Crippen molar-refractivity contribution >= 4 is 17.6 Å². The van der Waals surface area contributed by atoms with Crippen LogP contribution in [0.15, 0.2) is 18.2 Å². The standard InChI is InChI=1S/C17H24N2O4/c1-11-5-6-14(17(21)22-4)7-15(11)18-16(20)10-19-8-12(2)23-13(3)9-19/h5-7,12-13H,8-10H2,1-4H3,(H,18,20). The Balaban J connectivity index is 2.01. The van der Waals surface area contributed by atoms with Crippen LogP contribution in [-0.4, -0.2) is 55.7 Å². The summed E-state index contributed by atoms with van der Waals surface area (Å²) in [5.41, 5.74) is 1.95. The average Bonchev–Trinajstić information content (AvgIpc) is 2.47. The summed E-state index contributed by atoms with van der Waals surface area (Å²) in [6.45, 7) is 7.67. The smallest absolute Gasteiger partial charge is 0.337 e. The molecule has 0 aromatic heterocycles. The zero-order valence-corrected chi connectivity index (χ0v) is 14.1. The molecule has 23 heavy (non-hydrogen) atoms. The molecule has 2 atom stereocenters. The highest BCUT2D eigenvalue weighted by atomic mass is 16.5. The van der Waals surface area contributed by atoms with Crippen LogP contribution in [0.5, 0.6) is 0 Å². The number of morpholine rings is 1. The molecule has 1 aliphatic rings. The van der Waals surface area contributed by atoms with Crippen molar-refractivity contribution in [2.24, 2.45) is 0 Å². The third kappa shape index (κ3) is 4.77. The molecule has 1 amide bonds. The molecule has 1 heterocycles. The van der Waals surface area contributed by atoms with E-state index in [2.05, 4.69) is 10.2 Å². The number of benzene rings is 1. The monoisotopic (exact) mass is 320 g/mol. The molecule has 1 N–H and O–H groups in total. The van der Waals surface area contributed by atoms with Gasteiger partial charge in [-0.05, 0) is 38.5 Å². The summed E-state index contributed by atoms with van der Waals surface area (Å²) in [6.07, 6.45) is 0.242. The van der Waals surface area contributed by atoms with E-state index in [0.29, 0.717) is 17.8 Å². The van der Waals surface area contributed by atoms with E-state index in [1.54, 1.807) is 18.2 Å². The number of ether oxygens (including phenoxy) is 2. The first kappa shape index (κ1) is 17.4. The van der Waals surface area contributed by atoms with Crippen LogP contribution in [0.2, 0.25) is 0 Å². The lowest BCUT2D eigenvalue weighted by molar-refractivity contribution is -0.121. The van der Waals surface area contributed by atoms with Crippen LogP contribution in [-0.2, 0) is 14.3 Å². The third-order valence-electron chi connectivity index (χ3n) is 3.80. The normalized spacial score (nSPS) is 21.7. The van der Waals surface area contributed by atoms with Crippen LogP contribution >= 0.6 is 0 Å². The van der Waals surface area contributed by atoms with E-state index >= 15 is 0 Å². The predicted octanol–water partition coefficient (Wildman–Crippen LogP) is 1.83. The van der Waals surface area contributed by atoms with Crippen LogP contribution in [0, 0.1) is 6.92 Å². The fraction of sp³-hybridized carbons (Fsp3) is 0.529. The number of hydrogen-bond donors (Lipinski definition) is 1. The van der Waals surface area contributed by atoms with E-state index in [4.69, 9.17) is 9.47 Å². The van der Waals surface area contributed by atoms with Crippen molar-refractivity contribution in [2.75, 3.05) is 32.1 Å². The molecular weight excluding hydrogens is 296 g/mol. The number of anilines is 1. The number of amides is 1. The van der Waals surface area contributed by atoms with Gasteiger partial charge in [-0.3, -0.25) is 9.69 Å². The number of aryl methyl sites for hydroxylation is 1. The number of carbonyl (C=O) groups is 2. The molecule has 1 aliphatic heterocycles. The van der Waals surface area contributed by atoms with Gasteiger partial charge >= 0.3 is 5.97 Å². The van der Waals surface area contributed by atoms with Crippen molar-refractivity contribution in [3.05, 3.63) is 29.3 Å². The van der Waals surface area contributed by atoms with Gasteiger partial charge in [-0.2, -0.15) is 0 Å². The molecule has 0 radical (unpaired) electrons. The maximum Gasteiger partial charge on any atom is 0.337 e. The van der Waals surface area contributed by atoms with Crippen molar-refractivity contribution < 1.29 is 19.1 Å². The van der Waals surface area contributed by atoms with E-state index in [0.717, 1.165) is 18.7 Å². The van der Waals surface area contributed by atoms with Gasteiger partial charge < -0.3 is 14.8 Å². The van der Waals surface area contributed by atoms with Gasteiger partial charge in [-0.15, -0.1) is 0 Å². The molecule has 0 bridgehead atoms. The van der Waals surface area contributed by atoms with Gasteiger partial charge in [0.15, 0.2) is 0 Å². The fourth-order valence-electron chi connectivity index (χ4n) is 2.81. The lowest BCUT2D eigenvalue weighted by atomic mass is 10.1. The first-order chi connectivity index (χ1) is 10.9. The Labute approximate surface area is 136 Å². The zero-order valence-electron chi connectivity index (χ0n) is 14.1. The van der Waals surface area contributed by atoms with Crippen LogP contribution in [0.25, 0.3) is 0 Å². The van der Waals surface area contributed by atoms with Crippen LogP contribution in [0.1, 0.15) is 29.8 Å². The number of rotatable bonds is 4. The van der Waals surface area contributed by atoms with Gasteiger partial charge in [0.2, 0.25) is 5.91 Å². The quantitative estimate of drug-likeness (QED) is 0.857. The highest BCUT2D eigenvalue weighted by molar-refractivity contribution is 5.96. The Morgan fingerprint density at radius 1 is 1.30 bits per heavy atom. The minimum absolute atomic E-state index is 0.101. The molecule has 1 aromatic rings. The molecule has 1 aromatic carbocycles. The Bertz CT molecular complexity index is 578. The third-order valence-corrected chi connectivity index (χ3v) is 3.80. The Kier molecular flexibility index (Phi) is 5.74. The van der Waals surface area contributed by atoms with Gasteiger partial charge in [-0.1, -0.05) is 6.07 Å².